The van der Waals surface area contributed by atoms with Crippen molar-refractivity contribution in [2.45, 2.75) is 12.3 Å². The van der Waals surface area contributed by atoms with Gasteiger partial charge in [0.2, 0.25) is 0 Å². The third kappa shape index (κ3) is 4.87. The van der Waals surface area contributed by atoms with Crippen LogP contribution in [-0.4, -0.2) is 50.9 Å². The lowest BCUT2D eigenvalue weighted by Crippen LogP contribution is -2.35. The Labute approximate surface area is 143 Å². The minimum Gasteiger partial charge on any atom is -0.379 e. The highest BCUT2D eigenvalue weighted by Gasteiger charge is 2.11. The van der Waals surface area contributed by atoms with E-state index < -0.39 is 9.84 Å². The maximum Gasteiger partial charge on any atom is 0.151 e. The first-order valence-corrected chi connectivity index (χ1v) is 10.1. The molecule has 5 nitrogen and oxygen atoms in total. The van der Waals surface area contributed by atoms with E-state index in [4.69, 9.17) is 4.74 Å². The lowest BCUT2D eigenvalue weighted by atomic mass is 10.1. The molecule has 0 aliphatic carbocycles. The normalized spacial score (nSPS) is 16.2. The van der Waals surface area contributed by atoms with Gasteiger partial charge in [0, 0.05) is 37.7 Å². The number of nitrogens with zero attached hydrogens (tertiary/aromatic N) is 2. The second-order valence-corrected chi connectivity index (χ2v) is 8.35. The van der Waals surface area contributed by atoms with E-state index in [9.17, 15) is 8.42 Å². The van der Waals surface area contributed by atoms with Crippen molar-refractivity contribution >= 4 is 9.84 Å². The molecule has 0 spiro atoms. The molecule has 1 saturated heterocycles. The Morgan fingerprint density at radius 3 is 2.58 bits per heavy atom. The van der Waals surface area contributed by atoms with E-state index in [1.807, 2.05) is 24.3 Å². The van der Waals surface area contributed by atoms with Crippen molar-refractivity contribution in [2.24, 2.45) is 0 Å². The molecule has 0 unspecified atom stereocenters. The monoisotopic (exact) mass is 346 g/mol. The second kappa shape index (κ2) is 7.42. The van der Waals surface area contributed by atoms with Gasteiger partial charge in [-0.05, 0) is 23.3 Å². The Balaban J connectivity index is 1.73. The van der Waals surface area contributed by atoms with Crippen LogP contribution in [0.15, 0.2) is 42.6 Å². The van der Waals surface area contributed by atoms with Crippen molar-refractivity contribution in [3.63, 3.8) is 0 Å². The van der Waals surface area contributed by atoms with Gasteiger partial charge in [0.25, 0.3) is 0 Å². The van der Waals surface area contributed by atoms with Crippen LogP contribution in [0.5, 0.6) is 0 Å². The van der Waals surface area contributed by atoms with Crippen LogP contribution in [0.25, 0.3) is 11.3 Å². The van der Waals surface area contributed by atoms with Crippen LogP contribution in [0, 0.1) is 0 Å². The van der Waals surface area contributed by atoms with Crippen molar-refractivity contribution in [1.29, 1.82) is 0 Å². The number of rotatable bonds is 5. The molecule has 0 bridgehead atoms. The SMILES string of the molecule is CS(=O)(=O)Cc1ccc(-c2cccc(CN3CCOCC3)c2)nc1. The molecule has 3 rings (SSSR count). The van der Waals surface area contributed by atoms with E-state index in [1.54, 1.807) is 6.20 Å². The number of morpholine rings is 1. The minimum absolute atomic E-state index is 0.0251. The van der Waals surface area contributed by atoms with E-state index in [-0.39, 0.29) is 5.75 Å². The Morgan fingerprint density at radius 1 is 1.12 bits per heavy atom. The predicted molar refractivity (Wildman–Crippen MR) is 94.3 cm³/mol. The predicted octanol–water partition coefficient (Wildman–Crippen LogP) is 2.13. The summed E-state index contributed by atoms with van der Waals surface area (Å²) in [5.74, 6) is 0.0251. The molecule has 1 aromatic heterocycles. The summed E-state index contributed by atoms with van der Waals surface area (Å²) in [6, 6.07) is 12.1. The van der Waals surface area contributed by atoms with E-state index in [0.717, 1.165) is 44.1 Å². The van der Waals surface area contributed by atoms with Crippen LogP contribution in [0.4, 0.5) is 0 Å². The largest absolute Gasteiger partial charge is 0.379 e. The zero-order valence-electron chi connectivity index (χ0n) is 13.8. The number of pyridine rings is 1. The van der Waals surface area contributed by atoms with Crippen molar-refractivity contribution < 1.29 is 13.2 Å². The number of ether oxygens (including phenoxy) is 1. The first-order valence-electron chi connectivity index (χ1n) is 8.02. The third-order valence-corrected chi connectivity index (χ3v) is 4.84. The molecule has 2 aromatic rings. The lowest BCUT2D eigenvalue weighted by molar-refractivity contribution is 0.0342. The highest BCUT2D eigenvalue weighted by atomic mass is 32.2. The highest BCUT2D eigenvalue weighted by Crippen LogP contribution is 2.20. The Hall–Kier alpha value is -1.76. The molecule has 0 amide bonds. The summed E-state index contributed by atoms with van der Waals surface area (Å²) in [5.41, 5.74) is 3.87. The summed E-state index contributed by atoms with van der Waals surface area (Å²) < 4.78 is 28.1. The average Bonchev–Trinajstić information content (AvgIpc) is 2.55. The average molecular weight is 346 g/mol. The van der Waals surface area contributed by atoms with Gasteiger partial charge in [-0.3, -0.25) is 9.88 Å². The van der Waals surface area contributed by atoms with Gasteiger partial charge in [-0.2, -0.15) is 0 Å². The number of aromatic nitrogens is 1. The molecular weight excluding hydrogens is 324 g/mol. The molecule has 1 aliphatic heterocycles. The molecule has 0 atom stereocenters. The van der Waals surface area contributed by atoms with Gasteiger partial charge in [-0.15, -0.1) is 0 Å². The van der Waals surface area contributed by atoms with Crippen molar-refractivity contribution in [1.82, 2.24) is 9.88 Å². The Bertz CT molecular complexity index is 782. The molecular formula is C18H22N2O3S. The maximum absolute atomic E-state index is 11.3. The zero-order chi connectivity index (χ0) is 17.0. The van der Waals surface area contributed by atoms with Crippen LogP contribution in [-0.2, 0) is 26.9 Å². The standard InChI is InChI=1S/C18H22N2O3S/c1-24(21,22)14-16-5-6-18(19-12-16)17-4-2-3-15(11-17)13-20-7-9-23-10-8-20/h2-6,11-12H,7-10,13-14H2,1H3. The van der Waals surface area contributed by atoms with Gasteiger partial charge in [0.15, 0.2) is 9.84 Å². The topological polar surface area (TPSA) is 59.5 Å². The maximum atomic E-state index is 11.3. The lowest BCUT2D eigenvalue weighted by Gasteiger charge is -2.26. The highest BCUT2D eigenvalue weighted by molar-refractivity contribution is 7.89. The van der Waals surface area contributed by atoms with E-state index in [1.165, 1.54) is 11.8 Å². The summed E-state index contributed by atoms with van der Waals surface area (Å²) in [6.07, 6.45) is 2.88. The third-order valence-electron chi connectivity index (χ3n) is 3.99. The molecule has 2 heterocycles. The molecule has 1 aliphatic rings. The van der Waals surface area contributed by atoms with E-state index >= 15 is 0 Å². The molecule has 128 valence electrons. The van der Waals surface area contributed by atoms with Crippen LogP contribution in [0.1, 0.15) is 11.1 Å². The van der Waals surface area contributed by atoms with Gasteiger partial charge in [-0.1, -0.05) is 24.3 Å². The van der Waals surface area contributed by atoms with Crippen molar-refractivity contribution in [3.8, 4) is 11.3 Å². The summed E-state index contributed by atoms with van der Waals surface area (Å²) >= 11 is 0. The molecule has 0 radical (unpaired) electrons. The molecule has 1 aromatic carbocycles. The van der Waals surface area contributed by atoms with Gasteiger partial charge in [0.05, 0.1) is 24.7 Å². The Kier molecular flexibility index (Phi) is 5.28. The second-order valence-electron chi connectivity index (χ2n) is 6.21. The van der Waals surface area contributed by atoms with Crippen molar-refractivity contribution in [2.75, 3.05) is 32.6 Å². The molecule has 1 fully saturated rings. The quantitative estimate of drug-likeness (QED) is 0.830. The summed E-state index contributed by atoms with van der Waals surface area (Å²) in [5, 5.41) is 0. The number of hydrogen-bond donors (Lipinski definition) is 0. The minimum atomic E-state index is -3.03. The fourth-order valence-electron chi connectivity index (χ4n) is 2.83. The first-order chi connectivity index (χ1) is 11.5. The van der Waals surface area contributed by atoms with Crippen LogP contribution in [0.3, 0.4) is 0 Å². The summed E-state index contributed by atoms with van der Waals surface area (Å²) in [7, 11) is -3.03. The summed E-state index contributed by atoms with van der Waals surface area (Å²) in [4.78, 5) is 6.80. The van der Waals surface area contributed by atoms with Gasteiger partial charge >= 0.3 is 0 Å². The van der Waals surface area contributed by atoms with Crippen molar-refractivity contribution in [3.05, 3.63) is 53.7 Å². The van der Waals surface area contributed by atoms with Crippen LogP contribution >= 0.6 is 0 Å². The van der Waals surface area contributed by atoms with Crippen LogP contribution < -0.4 is 0 Å². The molecule has 6 heteroatoms. The van der Waals surface area contributed by atoms with Gasteiger partial charge < -0.3 is 4.74 Å². The number of sulfone groups is 1. The van der Waals surface area contributed by atoms with E-state index in [2.05, 4.69) is 22.0 Å². The van der Waals surface area contributed by atoms with Gasteiger partial charge in [0.1, 0.15) is 0 Å². The fraction of sp³-hybridized carbons (Fsp3) is 0.389. The smallest absolute Gasteiger partial charge is 0.151 e. The summed E-state index contributed by atoms with van der Waals surface area (Å²) in [6.45, 7) is 4.42. The molecule has 0 saturated carbocycles. The van der Waals surface area contributed by atoms with Crippen LogP contribution in [0.2, 0.25) is 0 Å². The first kappa shape index (κ1) is 17.1. The Morgan fingerprint density at radius 2 is 1.92 bits per heavy atom. The zero-order valence-corrected chi connectivity index (χ0v) is 14.6. The fourth-order valence-corrected chi connectivity index (χ4v) is 3.61. The van der Waals surface area contributed by atoms with E-state index in [0.29, 0.717) is 5.56 Å². The van der Waals surface area contributed by atoms with Gasteiger partial charge in [-0.25, -0.2) is 8.42 Å². The molecule has 24 heavy (non-hydrogen) atoms. The molecule has 0 N–H and O–H groups in total. The number of hydrogen-bond acceptors (Lipinski definition) is 5. The number of benzene rings is 1.